The van der Waals surface area contributed by atoms with Crippen molar-refractivity contribution in [3.05, 3.63) is 89.3 Å². The van der Waals surface area contributed by atoms with E-state index in [0.29, 0.717) is 30.1 Å². The maximum absolute atomic E-state index is 12.7. The average Bonchev–Trinajstić information content (AvgIpc) is 3.22. The van der Waals surface area contributed by atoms with Crippen LogP contribution in [0.5, 0.6) is 5.75 Å². The number of hydrogen-bond acceptors (Lipinski definition) is 6. The van der Waals surface area contributed by atoms with Crippen molar-refractivity contribution in [3.8, 4) is 5.75 Å². The van der Waals surface area contributed by atoms with Crippen LogP contribution < -0.4 is 15.4 Å². The van der Waals surface area contributed by atoms with Crippen molar-refractivity contribution in [1.82, 2.24) is 15.6 Å². The van der Waals surface area contributed by atoms with Crippen LogP contribution >= 0.6 is 0 Å². The van der Waals surface area contributed by atoms with Crippen LogP contribution in [0.15, 0.2) is 81.7 Å². The van der Waals surface area contributed by atoms with Crippen molar-refractivity contribution in [2.45, 2.75) is 26.8 Å². The number of nitrogens with zero attached hydrogens (tertiary/aromatic N) is 2. The maximum atomic E-state index is 12.7. The molecule has 1 aromatic heterocycles. The highest BCUT2D eigenvalue weighted by atomic mass is 16.5. The first kappa shape index (κ1) is 22.0. The monoisotopic (exact) mass is 420 g/mol. The molecule has 0 spiro atoms. The van der Waals surface area contributed by atoms with Crippen LogP contribution in [0, 0.1) is 6.92 Å². The van der Waals surface area contributed by atoms with E-state index in [1.54, 1.807) is 31.3 Å². The molecule has 2 heterocycles. The first-order valence-corrected chi connectivity index (χ1v) is 10.1. The largest absolute Gasteiger partial charge is 0.497 e. The summed E-state index contributed by atoms with van der Waals surface area (Å²) in [6.07, 6.45) is 4.16. The fourth-order valence-electron chi connectivity index (χ4n) is 3.11. The topological polar surface area (TPSA) is 79.1 Å². The van der Waals surface area contributed by atoms with Crippen LogP contribution in [-0.2, 0) is 11.3 Å². The first-order valence-electron chi connectivity index (χ1n) is 10.1. The Morgan fingerprint density at radius 3 is 2.52 bits per heavy atom. The number of nitrogens with one attached hydrogen (secondary N) is 2. The van der Waals surface area contributed by atoms with E-state index in [9.17, 15) is 4.79 Å². The molecule has 162 valence electrons. The van der Waals surface area contributed by atoms with Crippen LogP contribution in [0.25, 0.3) is 0 Å². The summed E-state index contributed by atoms with van der Waals surface area (Å²) in [5.41, 5.74) is 2.85. The number of benzene rings is 1. The number of ether oxygens (including phenoxy) is 1. The molecule has 7 nitrogen and oxygen atoms in total. The molecule has 0 radical (unpaired) electrons. The molecule has 7 heteroatoms. The third-order valence-corrected chi connectivity index (χ3v) is 4.83. The van der Waals surface area contributed by atoms with Gasteiger partial charge in [0.15, 0.2) is 0 Å². The van der Waals surface area contributed by atoms with Gasteiger partial charge in [0.05, 0.1) is 12.8 Å². The fourth-order valence-corrected chi connectivity index (χ4v) is 3.11. The zero-order valence-electron chi connectivity index (χ0n) is 18.4. The molecule has 0 unspecified atom stereocenters. The van der Waals surface area contributed by atoms with Gasteiger partial charge >= 0.3 is 0 Å². The van der Waals surface area contributed by atoms with Crippen molar-refractivity contribution in [1.29, 1.82) is 0 Å². The molecule has 0 saturated carbocycles. The molecular formula is C24H28N4O3. The number of allylic oxidation sites excluding steroid dienone is 1. The van der Waals surface area contributed by atoms with E-state index in [4.69, 9.17) is 14.3 Å². The summed E-state index contributed by atoms with van der Waals surface area (Å²) < 4.78 is 10.9. The normalized spacial score (nSPS) is 14.1. The second kappa shape index (κ2) is 9.84. The Bertz CT molecular complexity index is 1050. The highest BCUT2D eigenvalue weighted by molar-refractivity contribution is 5.98. The lowest BCUT2D eigenvalue weighted by Crippen LogP contribution is -2.31. The van der Waals surface area contributed by atoms with E-state index in [-0.39, 0.29) is 5.91 Å². The highest BCUT2D eigenvalue weighted by Gasteiger charge is 2.21. The minimum Gasteiger partial charge on any atom is -0.497 e. The molecule has 0 atom stereocenters. The predicted octanol–water partition coefficient (Wildman–Crippen LogP) is 3.84. The number of methoxy groups -OCH3 is 1. The predicted molar refractivity (Wildman–Crippen MR) is 121 cm³/mol. The van der Waals surface area contributed by atoms with Gasteiger partial charge in [0.2, 0.25) is 0 Å². The number of amides is 1. The van der Waals surface area contributed by atoms with Crippen molar-refractivity contribution in [2.24, 2.45) is 5.10 Å². The molecule has 2 aromatic rings. The van der Waals surface area contributed by atoms with Crippen LogP contribution in [0.2, 0.25) is 0 Å². The molecular weight excluding hydrogens is 392 g/mol. The molecule has 1 aromatic carbocycles. The Balaban J connectivity index is 1.74. The molecule has 31 heavy (non-hydrogen) atoms. The zero-order chi connectivity index (χ0) is 22.4. The van der Waals surface area contributed by atoms with Crippen molar-refractivity contribution >= 4 is 11.6 Å². The number of aryl methyl sites for hydroxylation is 1. The number of carbonyl (C=O) groups excluding carboxylic acids is 1. The van der Waals surface area contributed by atoms with Gasteiger partial charge in [-0.2, -0.15) is 5.10 Å². The van der Waals surface area contributed by atoms with Crippen LogP contribution in [0.4, 0.5) is 0 Å². The van der Waals surface area contributed by atoms with E-state index in [2.05, 4.69) is 17.2 Å². The summed E-state index contributed by atoms with van der Waals surface area (Å²) in [5, 5.41) is 12.4. The summed E-state index contributed by atoms with van der Waals surface area (Å²) in [5.74, 6) is 2.78. The minimum atomic E-state index is -0.189. The van der Waals surface area contributed by atoms with Gasteiger partial charge in [0.25, 0.3) is 5.91 Å². The van der Waals surface area contributed by atoms with E-state index in [1.807, 2.05) is 50.2 Å². The lowest BCUT2D eigenvalue weighted by molar-refractivity contribution is -0.117. The Morgan fingerprint density at radius 1 is 1.19 bits per heavy atom. The zero-order valence-corrected chi connectivity index (χ0v) is 18.4. The first-order chi connectivity index (χ1) is 14.9. The van der Waals surface area contributed by atoms with Gasteiger partial charge in [0.1, 0.15) is 28.8 Å². The quantitative estimate of drug-likeness (QED) is 0.635. The summed E-state index contributed by atoms with van der Waals surface area (Å²) in [6.45, 7) is 8.41. The summed E-state index contributed by atoms with van der Waals surface area (Å²) in [4.78, 5) is 12.7. The number of carbonyl (C=O) groups is 1. The summed E-state index contributed by atoms with van der Waals surface area (Å²) >= 11 is 0. The number of furan rings is 1. The second-order valence-corrected chi connectivity index (χ2v) is 7.02. The summed E-state index contributed by atoms with van der Waals surface area (Å²) in [6, 6.07) is 11.4. The van der Waals surface area contributed by atoms with E-state index < -0.39 is 0 Å². The summed E-state index contributed by atoms with van der Waals surface area (Å²) in [7, 11) is 3.40. The van der Waals surface area contributed by atoms with Gasteiger partial charge in [-0.3, -0.25) is 4.79 Å². The average molecular weight is 421 g/mol. The lowest BCUT2D eigenvalue weighted by atomic mass is 10.1. The number of hydrogen-bond donors (Lipinski definition) is 2. The molecule has 0 saturated heterocycles. The Morgan fingerprint density at radius 2 is 1.94 bits per heavy atom. The highest BCUT2D eigenvalue weighted by Crippen LogP contribution is 2.23. The van der Waals surface area contributed by atoms with Crippen molar-refractivity contribution < 1.29 is 13.9 Å². The van der Waals surface area contributed by atoms with Crippen LogP contribution in [0.3, 0.4) is 0 Å². The Kier molecular flexibility index (Phi) is 6.97. The third kappa shape index (κ3) is 5.25. The third-order valence-electron chi connectivity index (χ3n) is 4.83. The molecule has 0 aliphatic carbocycles. The fraction of sp³-hybridized carbons (Fsp3) is 0.250. The van der Waals surface area contributed by atoms with Gasteiger partial charge in [-0.25, -0.2) is 5.01 Å². The SMILES string of the molecule is C=C1C=C(C(=O)NCc2ccc(OC)cc2)C=C(NC)N1/N=C(\CC)c1ccc(C)o1. The molecule has 0 fully saturated rings. The van der Waals surface area contributed by atoms with Crippen molar-refractivity contribution in [2.75, 3.05) is 14.2 Å². The van der Waals surface area contributed by atoms with Crippen LogP contribution in [-0.4, -0.2) is 30.8 Å². The Hall–Kier alpha value is -3.74. The minimum absolute atomic E-state index is 0.189. The molecule has 2 N–H and O–H groups in total. The van der Waals surface area contributed by atoms with Crippen molar-refractivity contribution in [3.63, 3.8) is 0 Å². The molecule has 1 amide bonds. The van der Waals surface area contributed by atoms with Gasteiger partial charge in [-0.1, -0.05) is 25.6 Å². The smallest absolute Gasteiger partial charge is 0.251 e. The standard InChI is InChI=1S/C24H28N4O3/c1-6-21(22-12-7-17(3)31-22)27-28-16(2)13-19(14-23(28)25-4)24(29)26-15-18-8-10-20(30-5)11-9-18/h7-14,25H,2,6,15H2,1,3-5H3,(H,26,29)/b27-21+. The van der Waals surface area contributed by atoms with Gasteiger partial charge in [-0.15, -0.1) is 0 Å². The van der Waals surface area contributed by atoms with Gasteiger partial charge in [0, 0.05) is 19.2 Å². The van der Waals surface area contributed by atoms with Gasteiger partial charge < -0.3 is 19.8 Å². The van der Waals surface area contributed by atoms with Gasteiger partial charge in [-0.05, 0) is 55.3 Å². The molecule has 1 aliphatic heterocycles. The molecule has 3 rings (SSSR count). The number of hydrazone groups is 1. The second-order valence-electron chi connectivity index (χ2n) is 7.02. The molecule has 0 bridgehead atoms. The van der Waals surface area contributed by atoms with E-state index in [1.165, 1.54) is 0 Å². The molecule has 1 aliphatic rings. The maximum Gasteiger partial charge on any atom is 0.251 e. The number of rotatable bonds is 8. The van der Waals surface area contributed by atoms with E-state index in [0.717, 1.165) is 28.5 Å². The lowest BCUT2D eigenvalue weighted by Gasteiger charge is -2.27. The Labute approximate surface area is 182 Å². The van der Waals surface area contributed by atoms with E-state index >= 15 is 0 Å². The van der Waals surface area contributed by atoms with Crippen LogP contribution in [0.1, 0.15) is 30.4 Å².